The first-order valence-electron chi connectivity index (χ1n) is 9.80. The molecule has 0 bridgehead atoms. The van der Waals surface area contributed by atoms with Crippen LogP contribution in [0.1, 0.15) is 19.8 Å². The van der Waals surface area contributed by atoms with Crippen LogP contribution in [0.15, 0.2) is 30.3 Å². The van der Waals surface area contributed by atoms with E-state index in [4.69, 9.17) is 4.74 Å². The summed E-state index contributed by atoms with van der Waals surface area (Å²) in [5.41, 5.74) is 0. The molecule has 2 saturated heterocycles. The lowest BCUT2D eigenvalue weighted by Gasteiger charge is -2.37. The molecule has 8 heteroatoms. The molecule has 2 aliphatic rings. The van der Waals surface area contributed by atoms with Gasteiger partial charge in [0, 0.05) is 52.2 Å². The minimum atomic E-state index is -0.355. The number of carbonyl (C=O) groups excluding carboxylic acids is 3. The van der Waals surface area contributed by atoms with Crippen molar-refractivity contribution < 1.29 is 19.1 Å². The molecular weight excluding hydrogens is 360 g/mol. The van der Waals surface area contributed by atoms with Crippen LogP contribution in [-0.2, 0) is 9.59 Å². The number of amides is 3. The Labute approximate surface area is 165 Å². The number of para-hydroxylation sites is 1. The number of nitrogens with zero attached hydrogens (tertiary/aromatic N) is 3. The molecule has 1 aromatic rings. The fraction of sp³-hybridized carbons (Fsp3) is 0.550. The molecule has 1 atom stereocenters. The highest BCUT2D eigenvalue weighted by Crippen LogP contribution is 2.13. The van der Waals surface area contributed by atoms with E-state index in [2.05, 4.69) is 10.2 Å². The van der Waals surface area contributed by atoms with Crippen LogP contribution in [0.25, 0.3) is 0 Å². The molecule has 8 nitrogen and oxygen atoms in total. The molecule has 152 valence electrons. The molecule has 1 N–H and O–H groups in total. The minimum absolute atomic E-state index is 0.0415. The highest BCUT2D eigenvalue weighted by Gasteiger charge is 2.28. The van der Waals surface area contributed by atoms with Gasteiger partial charge in [0.15, 0.2) is 0 Å². The third kappa shape index (κ3) is 5.69. The van der Waals surface area contributed by atoms with Gasteiger partial charge in [-0.15, -0.1) is 0 Å². The zero-order valence-electron chi connectivity index (χ0n) is 16.3. The number of benzene rings is 1. The van der Waals surface area contributed by atoms with Gasteiger partial charge in [-0.3, -0.25) is 14.5 Å². The standard InChI is InChI=1S/C20H28N4O4/c1-16(25)21-17-6-5-9-24(14-17)19(26)15-22-10-12-23(13-11-22)20(27)28-18-7-3-2-4-8-18/h2-4,7-8,17H,5-6,9-15H2,1H3,(H,21,25). The zero-order chi connectivity index (χ0) is 19.9. The molecule has 1 aromatic carbocycles. The van der Waals surface area contributed by atoms with Crippen molar-refractivity contribution in [3.63, 3.8) is 0 Å². The van der Waals surface area contributed by atoms with Crippen LogP contribution in [0.2, 0.25) is 0 Å². The van der Waals surface area contributed by atoms with Crippen molar-refractivity contribution in [2.45, 2.75) is 25.8 Å². The maximum Gasteiger partial charge on any atom is 0.415 e. The van der Waals surface area contributed by atoms with Gasteiger partial charge in [0.2, 0.25) is 11.8 Å². The van der Waals surface area contributed by atoms with E-state index in [0.717, 1.165) is 19.4 Å². The van der Waals surface area contributed by atoms with E-state index in [0.29, 0.717) is 45.0 Å². The number of carbonyl (C=O) groups is 3. The Morgan fingerprint density at radius 3 is 2.43 bits per heavy atom. The quantitative estimate of drug-likeness (QED) is 0.830. The Balaban J connectivity index is 1.41. The molecule has 3 rings (SSSR count). The number of piperazine rings is 1. The van der Waals surface area contributed by atoms with Crippen molar-refractivity contribution >= 4 is 17.9 Å². The number of likely N-dealkylation sites (tertiary alicyclic amines) is 1. The first-order chi connectivity index (χ1) is 13.5. The molecule has 3 amide bonds. The number of nitrogens with one attached hydrogen (secondary N) is 1. The van der Waals surface area contributed by atoms with Crippen LogP contribution in [0.3, 0.4) is 0 Å². The van der Waals surface area contributed by atoms with E-state index >= 15 is 0 Å². The largest absolute Gasteiger partial charge is 0.415 e. The molecule has 0 spiro atoms. The number of hydrogen-bond donors (Lipinski definition) is 1. The van der Waals surface area contributed by atoms with Gasteiger partial charge in [-0.2, -0.15) is 0 Å². The summed E-state index contributed by atoms with van der Waals surface area (Å²) in [7, 11) is 0. The highest BCUT2D eigenvalue weighted by atomic mass is 16.6. The topological polar surface area (TPSA) is 82.2 Å². The van der Waals surface area contributed by atoms with Gasteiger partial charge in [0.25, 0.3) is 0 Å². The van der Waals surface area contributed by atoms with Crippen LogP contribution < -0.4 is 10.1 Å². The maximum absolute atomic E-state index is 12.6. The summed E-state index contributed by atoms with van der Waals surface area (Å²) in [5.74, 6) is 0.553. The lowest BCUT2D eigenvalue weighted by atomic mass is 10.1. The van der Waals surface area contributed by atoms with E-state index in [9.17, 15) is 14.4 Å². The van der Waals surface area contributed by atoms with E-state index in [1.165, 1.54) is 6.92 Å². The molecule has 2 aliphatic heterocycles. The number of piperidine rings is 1. The average Bonchev–Trinajstić information content (AvgIpc) is 2.69. The average molecular weight is 388 g/mol. The summed E-state index contributed by atoms with van der Waals surface area (Å²) in [6, 6.07) is 9.06. The van der Waals surface area contributed by atoms with Gasteiger partial charge in [0.05, 0.1) is 6.54 Å². The van der Waals surface area contributed by atoms with Gasteiger partial charge < -0.3 is 19.9 Å². The van der Waals surface area contributed by atoms with Gasteiger partial charge in [-0.1, -0.05) is 18.2 Å². The van der Waals surface area contributed by atoms with Crippen molar-refractivity contribution in [1.29, 1.82) is 0 Å². The predicted molar refractivity (Wildman–Crippen MR) is 104 cm³/mol. The maximum atomic E-state index is 12.6. The fourth-order valence-corrected chi connectivity index (χ4v) is 3.64. The summed E-state index contributed by atoms with van der Waals surface area (Å²) in [5, 5.41) is 2.90. The third-order valence-electron chi connectivity index (χ3n) is 5.12. The Morgan fingerprint density at radius 1 is 1.04 bits per heavy atom. The second-order valence-electron chi connectivity index (χ2n) is 7.32. The normalized spacial score (nSPS) is 20.5. The van der Waals surface area contributed by atoms with Gasteiger partial charge in [-0.25, -0.2) is 4.79 Å². The lowest BCUT2D eigenvalue weighted by molar-refractivity contribution is -0.135. The molecule has 2 heterocycles. The summed E-state index contributed by atoms with van der Waals surface area (Å²) in [6.07, 6.45) is 1.45. The summed E-state index contributed by atoms with van der Waals surface area (Å²) in [4.78, 5) is 41.7. The second kappa shape index (κ2) is 9.54. The van der Waals surface area contributed by atoms with Gasteiger partial charge in [-0.05, 0) is 25.0 Å². The predicted octanol–water partition coefficient (Wildman–Crippen LogP) is 0.930. The third-order valence-corrected chi connectivity index (χ3v) is 5.12. The SMILES string of the molecule is CC(=O)NC1CCCN(C(=O)CN2CCN(C(=O)Oc3ccccc3)CC2)C1. The van der Waals surface area contributed by atoms with E-state index in [1.54, 1.807) is 17.0 Å². The highest BCUT2D eigenvalue weighted by molar-refractivity contribution is 5.79. The number of hydrogen-bond acceptors (Lipinski definition) is 5. The molecule has 28 heavy (non-hydrogen) atoms. The van der Waals surface area contributed by atoms with Crippen molar-refractivity contribution in [2.75, 3.05) is 45.8 Å². The summed E-state index contributed by atoms with van der Waals surface area (Å²) < 4.78 is 5.37. The van der Waals surface area contributed by atoms with Crippen molar-refractivity contribution in [2.24, 2.45) is 0 Å². The molecule has 0 saturated carbocycles. The van der Waals surface area contributed by atoms with Crippen LogP contribution in [0, 0.1) is 0 Å². The number of ether oxygens (including phenoxy) is 1. The molecule has 0 aromatic heterocycles. The lowest BCUT2D eigenvalue weighted by Crippen LogP contribution is -2.54. The Bertz CT molecular complexity index is 689. The van der Waals surface area contributed by atoms with Gasteiger partial charge in [0.1, 0.15) is 5.75 Å². The first kappa shape index (κ1) is 20.1. The Kier molecular flexibility index (Phi) is 6.86. The molecule has 2 fully saturated rings. The second-order valence-corrected chi connectivity index (χ2v) is 7.32. The minimum Gasteiger partial charge on any atom is -0.410 e. The molecular formula is C20H28N4O4. The summed E-state index contributed by atoms with van der Waals surface area (Å²) >= 11 is 0. The molecule has 0 aliphatic carbocycles. The smallest absolute Gasteiger partial charge is 0.410 e. The van der Waals surface area contributed by atoms with E-state index < -0.39 is 0 Å². The van der Waals surface area contributed by atoms with Crippen LogP contribution >= 0.6 is 0 Å². The van der Waals surface area contributed by atoms with E-state index in [-0.39, 0.29) is 23.9 Å². The fourth-order valence-electron chi connectivity index (χ4n) is 3.64. The molecule has 0 radical (unpaired) electrons. The monoisotopic (exact) mass is 388 g/mol. The summed E-state index contributed by atoms with van der Waals surface area (Å²) in [6.45, 7) is 5.50. The van der Waals surface area contributed by atoms with Gasteiger partial charge >= 0.3 is 6.09 Å². The van der Waals surface area contributed by atoms with Crippen molar-refractivity contribution in [1.82, 2.24) is 20.0 Å². The van der Waals surface area contributed by atoms with E-state index in [1.807, 2.05) is 23.1 Å². The zero-order valence-corrected chi connectivity index (χ0v) is 16.3. The Morgan fingerprint density at radius 2 is 1.75 bits per heavy atom. The number of rotatable bonds is 4. The van der Waals surface area contributed by atoms with Crippen molar-refractivity contribution in [3.8, 4) is 5.75 Å². The Hall–Kier alpha value is -2.61. The first-order valence-corrected chi connectivity index (χ1v) is 9.80. The molecule has 1 unspecified atom stereocenters. The van der Waals surface area contributed by atoms with Crippen LogP contribution in [0.4, 0.5) is 4.79 Å². The van der Waals surface area contributed by atoms with Crippen LogP contribution in [0.5, 0.6) is 5.75 Å². The van der Waals surface area contributed by atoms with Crippen molar-refractivity contribution in [3.05, 3.63) is 30.3 Å². The van der Waals surface area contributed by atoms with Crippen LogP contribution in [-0.4, -0.2) is 84.5 Å².